The molecule has 0 radical (unpaired) electrons. The maximum absolute atomic E-state index is 12.4. The fourth-order valence-electron chi connectivity index (χ4n) is 2.97. The van der Waals surface area contributed by atoms with Gasteiger partial charge in [0.05, 0.1) is 0 Å². The Kier molecular flexibility index (Phi) is 10.4. The van der Waals surface area contributed by atoms with Crippen molar-refractivity contribution in [2.45, 2.75) is 78.8 Å². The second kappa shape index (κ2) is 12.1. The number of carbonyl (C=O) groups is 1. The first-order valence-corrected chi connectivity index (χ1v) is 9.67. The molecule has 0 aliphatic heterocycles. The molecule has 1 aromatic heterocycles. The summed E-state index contributed by atoms with van der Waals surface area (Å²) in [5.41, 5.74) is 0.646. The van der Waals surface area contributed by atoms with Crippen LogP contribution in [0.15, 0.2) is 12.3 Å². The van der Waals surface area contributed by atoms with Crippen LogP contribution in [0.3, 0.4) is 0 Å². The summed E-state index contributed by atoms with van der Waals surface area (Å²) in [6.07, 6.45) is 9.22. The minimum absolute atomic E-state index is 0.0242. The molecule has 0 fully saturated rings. The highest BCUT2D eigenvalue weighted by Crippen LogP contribution is 2.05. The number of hydrogen-bond donors (Lipinski definition) is 1. The molecule has 1 rings (SSSR count). The zero-order chi connectivity index (χ0) is 17.8. The largest absolute Gasteiger partial charge is 0.347 e. The van der Waals surface area contributed by atoms with E-state index >= 15 is 0 Å². The molecule has 1 aromatic rings. The molecule has 1 amide bonds. The van der Waals surface area contributed by atoms with E-state index in [0.717, 1.165) is 19.6 Å². The Bertz CT molecular complexity index is 448. The first-order chi connectivity index (χ1) is 11.6. The lowest BCUT2D eigenvalue weighted by atomic mass is 10.2. The van der Waals surface area contributed by atoms with Crippen molar-refractivity contribution in [2.75, 3.05) is 19.6 Å². The van der Waals surface area contributed by atoms with Crippen LogP contribution >= 0.6 is 0 Å². The Hall–Kier alpha value is -1.36. The van der Waals surface area contributed by atoms with Crippen LogP contribution in [-0.4, -0.2) is 46.3 Å². The van der Waals surface area contributed by atoms with E-state index in [1.54, 1.807) is 16.9 Å². The van der Waals surface area contributed by atoms with Crippen molar-refractivity contribution in [3.8, 4) is 0 Å². The zero-order valence-corrected chi connectivity index (χ0v) is 16.1. The molecule has 0 aliphatic rings. The SMILES string of the molecule is CCCCCN(CCCCC)CC(C)NC(=O)c1ccnn1CC. The Labute approximate surface area is 147 Å². The van der Waals surface area contributed by atoms with Gasteiger partial charge in [0.15, 0.2) is 0 Å². The van der Waals surface area contributed by atoms with Crippen LogP contribution in [-0.2, 0) is 6.54 Å². The minimum atomic E-state index is -0.0242. The maximum atomic E-state index is 12.4. The second-order valence-corrected chi connectivity index (χ2v) is 6.62. The van der Waals surface area contributed by atoms with E-state index in [-0.39, 0.29) is 11.9 Å². The van der Waals surface area contributed by atoms with Crippen LogP contribution in [0.25, 0.3) is 0 Å². The van der Waals surface area contributed by atoms with E-state index in [4.69, 9.17) is 0 Å². The second-order valence-electron chi connectivity index (χ2n) is 6.62. The molecular formula is C19H36N4O. The maximum Gasteiger partial charge on any atom is 0.269 e. The van der Waals surface area contributed by atoms with Gasteiger partial charge in [-0.3, -0.25) is 9.48 Å². The number of nitrogens with zero attached hydrogens (tertiary/aromatic N) is 3. The third kappa shape index (κ3) is 7.47. The topological polar surface area (TPSA) is 50.2 Å². The summed E-state index contributed by atoms with van der Waals surface area (Å²) in [5, 5.41) is 7.30. The van der Waals surface area contributed by atoms with Crippen molar-refractivity contribution < 1.29 is 4.79 Å². The van der Waals surface area contributed by atoms with Gasteiger partial charge in [-0.25, -0.2) is 0 Å². The highest BCUT2D eigenvalue weighted by Gasteiger charge is 2.16. The number of amides is 1. The zero-order valence-electron chi connectivity index (χ0n) is 16.1. The first-order valence-electron chi connectivity index (χ1n) is 9.67. The summed E-state index contributed by atoms with van der Waals surface area (Å²) in [6, 6.07) is 1.92. The molecule has 0 bridgehead atoms. The lowest BCUT2D eigenvalue weighted by molar-refractivity contribution is 0.0917. The highest BCUT2D eigenvalue weighted by molar-refractivity contribution is 5.92. The van der Waals surface area contributed by atoms with Gasteiger partial charge in [-0.15, -0.1) is 0 Å². The predicted octanol–water partition coefficient (Wildman–Crippen LogP) is 3.70. The average molecular weight is 337 g/mol. The van der Waals surface area contributed by atoms with Gasteiger partial charge in [0.1, 0.15) is 5.69 Å². The number of aromatic nitrogens is 2. The van der Waals surface area contributed by atoms with E-state index < -0.39 is 0 Å². The third-order valence-electron chi connectivity index (χ3n) is 4.31. The first kappa shape index (κ1) is 20.7. The fourth-order valence-corrected chi connectivity index (χ4v) is 2.97. The Morgan fingerprint density at radius 3 is 2.33 bits per heavy atom. The Morgan fingerprint density at radius 1 is 1.17 bits per heavy atom. The van der Waals surface area contributed by atoms with E-state index in [1.165, 1.54) is 38.5 Å². The predicted molar refractivity (Wildman–Crippen MR) is 100 cm³/mol. The lowest BCUT2D eigenvalue weighted by Gasteiger charge is -2.26. The van der Waals surface area contributed by atoms with Gasteiger partial charge in [0, 0.05) is 25.3 Å². The summed E-state index contributed by atoms with van der Waals surface area (Å²) in [6.45, 7) is 12.5. The van der Waals surface area contributed by atoms with Gasteiger partial charge in [-0.2, -0.15) is 5.10 Å². The molecule has 24 heavy (non-hydrogen) atoms. The smallest absolute Gasteiger partial charge is 0.269 e. The third-order valence-corrected chi connectivity index (χ3v) is 4.31. The fraction of sp³-hybridized carbons (Fsp3) is 0.789. The van der Waals surface area contributed by atoms with Gasteiger partial charge in [0.2, 0.25) is 0 Å². The molecular weight excluding hydrogens is 300 g/mol. The molecule has 138 valence electrons. The summed E-state index contributed by atoms with van der Waals surface area (Å²) >= 11 is 0. The van der Waals surface area contributed by atoms with Crippen molar-refractivity contribution >= 4 is 5.91 Å². The average Bonchev–Trinajstić information content (AvgIpc) is 3.03. The molecule has 0 aliphatic carbocycles. The lowest BCUT2D eigenvalue weighted by Crippen LogP contribution is -2.43. The summed E-state index contributed by atoms with van der Waals surface area (Å²) in [7, 11) is 0. The van der Waals surface area contributed by atoms with Gasteiger partial charge in [0.25, 0.3) is 5.91 Å². The van der Waals surface area contributed by atoms with E-state index in [1.807, 2.05) is 6.92 Å². The van der Waals surface area contributed by atoms with Crippen LogP contribution in [0, 0.1) is 0 Å². The van der Waals surface area contributed by atoms with Crippen LogP contribution in [0.2, 0.25) is 0 Å². The van der Waals surface area contributed by atoms with Gasteiger partial charge >= 0.3 is 0 Å². The number of nitrogens with one attached hydrogen (secondary N) is 1. The number of hydrogen-bond acceptors (Lipinski definition) is 3. The van der Waals surface area contributed by atoms with Crippen molar-refractivity contribution in [1.82, 2.24) is 20.0 Å². The summed E-state index contributed by atoms with van der Waals surface area (Å²) < 4.78 is 1.74. The molecule has 0 saturated carbocycles. The van der Waals surface area contributed by atoms with Gasteiger partial charge in [-0.05, 0) is 45.8 Å². The standard InChI is InChI=1S/C19H36N4O/c1-5-8-10-14-22(15-11-9-6-2)16-17(4)21-19(24)18-12-13-20-23(18)7-3/h12-13,17H,5-11,14-16H2,1-4H3,(H,21,24). The van der Waals surface area contributed by atoms with Crippen LogP contribution in [0.5, 0.6) is 0 Å². The van der Waals surface area contributed by atoms with Gasteiger partial charge < -0.3 is 10.2 Å². The molecule has 1 heterocycles. The highest BCUT2D eigenvalue weighted by atomic mass is 16.2. The molecule has 5 heteroatoms. The van der Waals surface area contributed by atoms with Crippen LogP contribution < -0.4 is 5.32 Å². The number of rotatable bonds is 13. The van der Waals surface area contributed by atoms with E-state index in [0.29, 0.717) is 12.2 Å². The quantitative estimate of drug-likeness (QED) is 0.559. The van der Waals surface area contributed by atoms with Crippen LogP contribution in [0.4, 0.5) is 0 Å². The molecule has 1 N–H and O–H groups in total. The monoisotopic (exact) mass is 336 g/mol. The number of unbranched alkanes of at least 4 members (excludes halogenated alkanes) is 4. The van der Waals surface area contributed by atoms with Crippen LogP contribution in [0.1, 0.15) is 76.7 Å². The van der Waals surface area contributed by atoms with E-state index in [9.17, 15) is 4.79 Å². The minimum Gasteiger partial charge on any atom is -0.347 e. The Morgan fingerprint density at radius 2 is 1.79 bits per heavy atom. The van der Waals surface area contributed by atoms with Gasteiger partial charge in [-0.1, -0.05) is 39.5 Å². The molecule has 5 nitrogen and oxygen atoms in total. The van der Waals surface area contributed by atoms with Crippen molar-refractivity contribution in [3.05, 3.63) is 18.0 Å². The Balaban J connectivity index is 2.49. The number of aryl methyl sites for hydroxylation is 1. The summed E-state index contributed by atoms with van der Waals surface area (Å²) in [5.74, 6) is -0.0242. The van der Waals surface area contributed by atoms with Crippen molar-refractivity contribution in [1.29, 1.82) is 0 Å². The van der Waals surface area contributed by atoms with E-state index in [2.05, 4.69) is 36.1 Å². The number of carbonyl (C=O) groups excluding carboxylic acids is 1. The normalized spacial score (nSPS) is 12.5. The molecule has 1 unspecified atom stereocenters. The van der Waals surface area contributed by atoms with Crippen molar-refractivity contribution in [2.24, 2.45) is 0 Å². The molecule has 0 aromatic carbocycles. The molecule has 1 atom stereocenters. The van der Waals surface area contributed by atoms with Crippen molar-refractivity contribution in [3.63, 3.8) is 0 Å². The summed E-state index contributed by atoms with van der Waals surface area (Å²) in [4.78, 5) is 14.9. The molecule has 0 saturated heterocycles. The molecule has 0 spiro atoms.